The maximum atomic E-state index is 11.9. The molecule has 1 fully saturated rings. The molecule has 1 aliphatic heterocycles. The Hall–Kier alpha value is -1.21. The normalized spacial score (nSPS) is 16.8. The summed E-state index contributed by atoms with van der Waals surface area (Å²) in [6, 6.07) is 3.88. The highest BCUT2D eigenvalue weighted by atomic mass is 79.9. The minimum absolute atomic E-state index is 0.0607. The number of hydrazone groups is 1. The van der Waals surface area contributed by atoms with Gasteiger partial charge in [0.05, 0.1) is 14.4 Å². The summed E-state index contributed by atoms with van der Waals surface area (Å²) in [5, 5.41) is 4.09. The Bertz CT molecular complexity index is 556. The van der Waals surface area contributed by atoms with Crippen molar-refractivity contribution in [2.45, 2.75) is 32.6 Å². The van der Waals surface area contributed by atoms with Gasteiger partial charge in [-0.3, -0.25) is 9.59 Å². The van der Waals surface area contributed by atoms with Crippen LogP contribution in [0.5, 0.6) is 0 Å². The van der Waals surface area contributed by atoms with Crippen molar-refractivity contribution in [2.75, 3.05) is 13.1 Å². The topological polar surface area (TPSA) is 61.8 Å². The Kier molecular flexibility index (Phi) is 5.93. The van der Waals surface area contributed by atoms with E-state index in [4.69, 9.17) is 0 Å². The molecule has 114 valence electrons. The van der Waals surface area contributed by atoms with E-state index < -0.39 is 0 Å². The van der Waals surface area contributed by atoms with Crippen LogP contribution in [-0.2, 0) is 9.59 Å². The van der Waals surface area contributed by atoms with Crippen molar-refractivity contribution in [3.8, 4) is 0 Å². The van der Waals surface area contributed by atoms with Crippen LogP contribution in [0.4, 0.5) is 0 Å². The van der Waals surface area contributed by atoms with Gasteiger partial charge in [0.1, 0.15) is 6.54 Å². The zero-order valence-electron chi connectivity index (χ0n) is 11.9. The fourth-order valence-electron chi connectivity index (χ4n) is 2.12. The Morgan fingerprint density at radius 3 is 2.95 bits per heavy atom. The SMILES string of the molecule is C/C(=N/NC(=O)CN1CCCCCC1=O)c1ccc(Br)s1. The van der Waals surface area contributed by atoms with Gasteiger partial charge >= 0.3 is 0 Å². The molecule has 0 spiro atoms. The van der Waals surface area contributed by atoms with Crippen molar-refractivity contribution in [3.05, 3.63) is 20.8 Å². The largest absolute Gasteiger partial charge is 0.333 e. The van der Waals surface area contributed by atoms with E-state index in [1.54, 1.807) is 16.2 Å². The molecule has 1 saturated heterocycles. The first-order valence-electron chi connectivity index (χ1n) is 6.93. The first-order chi connectivity index (χ1) is 10.1. The monoisotopic (exact) mass is 371 g/mol. The second-order valence-electron chi connectivity index (χ2n) is 4.96. The molecule has 1 aromatic rings. The van der Waals surface area contributed by atoms with Gasteiger partial charge in [-0.15, -0.1) is 11.3 Å². The summed E-state index contributed by atoms with van der Waals surface area (Å²) in [5.41, 5.74) is 3.28. The number of amides is 2. The molecule has 0 radical (unpaired) electrons. The van der Waals surface area contributed by atoms with Gasteiger partial charge in [0.25, 0.3) is 5.91 Å². The minimum atomic E-state index is -0.250. The average molecular weight is 372 g/mol. The third-order valence-corrected chi connectivity index (χ3v) is 5.02. The predicted octanol–water partition coefficient (Wildman–Crippen LogP) is 2.75. The molecule has 0 aliphatic carbocycles. The molecular weight excluding hydrogens is 354 g/mol. The maximum absolute atomic E-state index is 11.9. The third-order valence-electron chi connectivity index (χ3n) is 3.28. The number of halogens is 1. The molecule has 0 unspecified atom stereocenters. The highest BCUT2D eigenvalue weighted by molar-refractivity contribution is 9.11. The van der Waals surface area contributed by atoms with Crippen LogP contribution >= 0.6 is 27.3 Å². The summed E-state index contributed by atoms with van der Waals surface area (Å²) in [7, 11) is 0. The van der Waals surface area contributed by atoms with Crippen LogP contribution in [0.3, 0.4) is 0 Å². The van der Waals surface area contributed by atoms with Crippen molar-refractivity contribution in [1.82, 2.24) is 10.3 Å². The van der Waals surface area contributed by atoms with Gasteiger partial charge in [-0.2, -0.15) is 5.10 Å². The van der Waals surface area contributed by atoms with Gasteiger partial charge in [0, 0.05) is 13.0 Å². The molecule has 5 nitrogen and oxygen atoms in total. The fraction of sp³-hybridized carbons (Fsp3) is 0.500. The molecule has 21 heavy (non-hydrogen) atoms. The lowest BCUT2D eigenvalue weighted by Crippen LogP contribution is -2.39. The third kappa shape index (κ3) is 4.93. The number of carbonyl (C=O) groups excluding carboxylic acids is 2. The van der Waals surface area contributed by atoms with E-state index in [1.165, 1.54) is 0 Å². The standard InChI is InChI=1S/C14H18BrN3O2S/c1-10(11-6-7-12(15)21-11)16-17-13(19)9-18-8-4-2-3-5-14(18)20/h6-7H,2-5,8-9H2,1H3,(H,17,19)/b16-10-. The lowest BCUT2D eigenvalue weighted by Gasteiger charge is -2.18. The van der Waals surface area contributed by atoms with E-state index in [-0.39, 0.29) is 18.4 Å². The lowest BCUT2D eigenvalue weighted by atomic mass is 10.2. The second-order valence-corrected chi connectivity index (χ2v) is 7.42. The van der Waals surface area contributed by atoms with Gasteiger partial charge in [-0.1, -0.05) is 6.42 Å². The molecule has 7 heteroatoms. The number of likely N-dealkylation sites (tertiary alicyclic amines) is 1. The molecule has 0 atom stereocenters. The van der Waals surface area contributed by atoms with E-state index in [9.17, 15) is 9.59 Å². The summed E-state index contributed by atoms with van der Waals surface area (Å²) in [4.78, 5) is 26.3. The van der Waals surface area contributed by atoms with Gasteiger partial charge in [-0.05, 0) is 47.8 Å². The molecule has 2 amide bonds. The van der Waals surface area contributed by atoms with Gasteiger partial charge < -0.3 is 4.90 Å². The van der Waals surface area contributed by atoms with E-state index in [2.05, 4.69) is 26.5 Å². The predicted molar refractivity (Wildman–Crippen MR) is 87.4 cm³/mol. The first kappa shape index (κ1) is 16.2. The zero-order valence-corrected chi connectivity index (χ0v) is 14.3. The number of hydrogen-bond acceptors (Lipinski definition) is 4. The number of hydrogen-bond donors (Lipinski definition) is 1. The summed E-state index contributed by atoms with van der Waals surface area (Å²) in [5.74, 6) is -0.189. The fourth-order valence-corrected chi connectivity index (χ4v) is 3.46. The molecule has 1 N–H and O–H groups in total. The number of thiophene rings is 1. The summed E-state index contributed by atoms with van der Waals surface area (Å²) in [6.07, 6.45) is 3.47. The quantitative estimate of drug-likeness (QED) is 0.653. The van der Waals surface area contributed by atoms with Gasteiger partial charge in [-0.25, -0.2) is 5.43 Å². The Balaban J connectivity index is 1.87. The van der Waals surface area contributed by atoms with Crippen LogP contribution in [0.15, 0.2) is 21.0 Å². The van der Waals surface area contributed by atoms with Crippen LogP contribution in [0.25, 0.3) is 0 Å². The highest BCUT2D eigenvalue weighted by Crippen LogP contribution is 2.22. The molecule has 1 aliphatic rings. The number of rotatable bonds is 4. The number of carbonyl (C=O) groups is 2. The highest BCUT2D eigenvalue weighted by Gasteiger charge is 2.18. The van der Waals surface area contributed by atoms with Crippen molar-refractivity contribution in [1.29, 1.82) is 0 Å². The molecule has 2 heterocycles. The molecule has 1 aromatic heterocycles. The van der Waals surface area contributed by atoms with Crippen LogP contribution < -0.4 is 5.43 Å². The molecule has 2 rings (SSSR count). The van der Waals surface area contributed by atoms with Crippen LogP contribution in [0.1, 0.15) is 37.5 Å². The van der Waals surface area contributed by atoms with Crippen molar-refractivity contribution < 1.29 is 9.59 Å². The second kappa shape index (κ2) is 7.70. The van der Waals surface area contributed by atoms with E-state index >= 15 is 0 Å². The van der Waals surface area contributed by atoms with Crippen LogP contribution in [0, 0.1) is 0 Å². The van der Waals surface area contributed by atoms with Crippen molar-refractivity contribution >= 4 is 44.8 Å². The summed E-state index contributed by atoms with van der Waals surface area (Å²) in [6.45, 7) is 2.59. The number of nitrogens with one attached hydrogen (secondary N) is 1. The van der Waals surface area contributed by atoms with E-state index in [0.717, 1.165) is 33.6 Å². The van der Waals surface area contributed by atoms with Crippen molar-refractivity contribution in [3.63, 3.8) is 0 Å². The Morgan fingerprint density at radius 2 is 2.24 bits per heavy atom. The van der Waals surface area contributed by atoms with E-state index in [0.29, 0.717) is 13.0 Å². The smallest absolute Gasteiger partial charge is 0.259 e. The number of nitrogens with zero attached hydrogens (tertiary/aromatic N) is 2. The van der Waals surface area contributed by atoms with E-state index in [1.807, 2.05) is 19.1 Å². The minimum Gasteiger partial charge on any atom is -0.333 e. The van der Waals surface area contributed by atoms with Crippen molar-refractivity contribution in [2.24, 2.45) is 5.10 Å². The Labute approximate surface area is 136 Å². The van der Waals surface area contributed by atoms with Crippen LogP contribution in [0.2, 0.25) is 0 Å². The lowest BCUT2D eigenvalue weighted by molar-refractivity contribution is -0.135. The first-order valence-corrected chi connectivity index (χ1v) is 8.54. The molecule has 0 saturated carbocycles. The van der Waals surface area contributed by atoms with Crippen LogP contribution in [-0.4, -0.2) is 35.5 Å². The van der Waals surface area contributed by atoms with Gasteiger partial charge in [0.15, 0.2) is 0 Å². The summed E-state index contributed by atoms with van der Waals surface area (Å²) >= 11 is 4.95. The molecular formula is C14H18BrN3O2S. The molecule has 0 aromatic carbocycles. The maximum Gasteiger partial charge on any atom is 0.259 e. The zero-order chi connectivity index (χ0) is 15.2. The van der Waals surface area contributed by atoms with Gasteiger partial charge in [0.2, 0.25) is 5.91 Å². The Morgan fingerprint density at radius 1 is 1.43 bits per heavy atom. The molecule has 0 bridgehead atoms. The average Bonchev–Trinajstić information content (AvgIpc) is 2.79. The summed E-state index contributed by atoms with van der Waals surface area (Å²) < 4.78 is 1.02.